The van der Waals surface area contributed by atoms with Crippen LogP contribution in [0.4, 0.5) is 4.79 Å². The Kier molecular flexibility index (Phi) is 7.47. The minimum Gasteiger partial charge on any atom is -0.479 e. The van der Waals surface area contributed by atoms with E-state index in [1.165, 1.54) is 18.2 Å². The molecule has 8 heteroatoms. The number of aliphatic carboxylic acids is 1. The van der Waals surface area contributed by atoms with E-state index in [0.717, 1.165) is 41.9 Å². The average molecular weight is 467 g/mol. The Balaban J connectivity index is 1.34. The highest BCUT2D eigenvalue weighted by Crippen LogP contribution is 2.44. The SMILES string of the molecule is CN(OCC(=O)O)C(=O)C[C@H]1CCCC[C@H]1NC(=O)OCC1c2ccccc2-c2ccccc21. The maximum absolute atomic E-state index is 12.7. The summed E-state index contributed by atoms with van der Waals surface area (Å²) in [6, 6.07) is 16.2. The van der Waals surface area contributed by atoms with Gasteiger partial charge in [0.1, 0.15) is 6.61 Å². The first-order valence-electron chi connectivity index (χ1n) is 11.7. The topological polar surface area (TPSA) is 105 Å². The molecule has 2 aromatic rings. The number of hydrogen-bond acceptors (Lipinski definition) is 5. The van der Waals surface area contributed by atoms with Gasteiger partial charge in [-0.3, -0.25) is 9.63 Å². The molecule has 0 heterocycles. The Morgan fingerprint density at radius 2 is 1.62 bits per heavy atom. The van der Waals surface area contributed by atoms with Gasteiger partial charge >= 0.3 is 12.1 Å². The van der Waals surface area contributed by atoms with Crippen molar-refractivity contribution in [2.45, 2.75) is 44.1 Å². The summed E-state index contributed by atoms with van der Waals surface area (Å²) in [6.45, 7) is -0.337. The lowest BCUT2D eigenvalue weighted by atomic mass is 9.82. The molecule has 1 saturated carbocycles. The number of hydroxylamine groups is 2. The van der Waals surface area contributed by atoms with Crippen molar-refractivity contribution in [3.8, 4) is 11.1 Å². The lowest BCUT2D eigenvalue weighted by molar-refractivity contribution is -0.186. The van der Waals surface area contributed by atoms with E-state index < -0.39 is 18.7 Å². The molecule has 0 spiro atoms. The Bertz CT molecular complexity index is 1010. The number of carboxylic acid groups (broad SMARTS) is 1. The van der Waals surface area contributed by atoms with Crippen LogP contribution in [0.3, 0.4) is 0 Å². The van der Waals surface area contributed by atoms with E-state index in [2.05, 4.69) is 29.6 Å². The zero-order valence-corrected chi connectivity index (χ0v) is 19.2. The summed E-state index contributed by atoms with van der Waals surface area (Å²) >= 11 is 0. The van der Waals surface area contributed by atoms with E-state index >= 15 is 0 Å². The molecule has 180 valence electrons. The minimum absolute atomic E-state index is 0.0121. The zero-order valence-electron chi connectivity index (χ0n) is 19.2. The molecule has 2 aromatic carbocycles. The number of nitrogens with one attached hydrogen (secondary N) is 1. The number of hydrogen-bond donors (Lipinski definition) is 2. The fraction of sp³-hybridized carbons (Fsp3) is 0.423. The van der Waals surface area contributed by atoms with Gasteiger partial charge < -0.3 is 15.2 Å². The highest BCUT2D eigenvalue weighted by molar-refractivity contribution is 5.79. The molecule has 2 amide bonds. The standard InChI is InChI=1S/C26H30N2O6/c1-28(34-16-25(30)31)24(29)14-17-8-2-7-13-23(17)27-26(32)33-15-22-20-11-5-3-9-18(20)19-10-4-6-12-21(19)22/h3-6,9-12,17,22-23H,2,7-8,13-16H2,1H3,(H,27,32)(H,30,31)/t17-,23-/m1/s1. The molecule has 2 N–H and O–H groups in total. The molecule has 4 rings (SSSR count). The van der Waals surface area contributed by atoms with E-state index in [1.54, 1.807) is 0 Å². The third-order valence-electron chi connectivity index (χ3n) is 6.73. The van der Waals surface area contributed by atoms with Crippen molar-refractivity contribution in [2.75, 3.05) is 20.3 Å². The summed E-state index contributed by atoms with van der Waals surface area (Å²) in [5, 5.41) is 12.7. The molecule has 0 saturated heterocycles. The van der Waals surface area contributed by atoms with Crippen molar-refractivity contribution in [1.82, 2.24) is 10.4 Å². The van der Waals surface area contributed by atoms with Gasteiger partial charge in [-0.15, -0.1) is 0 Å². The second-order valence-electron chi connectivity index (χ2n) is 8.88. The first-order valence-corrected chi connectivity index (χ1v) is 11.7. The molecule has 2 atom stereocenters. The fourth-order valence-corrected chi connectivity index (χ4v) is 5.01. The van der Waals surface area contributed by atoms with Crippen molar-refractivity contribution >= 4 is 18.0 Å². The molecule has 0 aliphatic heterocycles. The number of ether oxygens (including phenoxy) is 1. The molecular formula is C26H30N2O6. The smallest absolute Gasteiger partial charge is 0.407 e. The molecular weight excluding hydrogens is 436 g/mol. The van der Waals surface area contributed by atoms with Crippen LogP contribution < -0.4 is 5.32 Å². The predicted molar refractivity (Wildman–Crippen MR) is 125 cm³/mol. The van der Waals surface area contributed by atoms with Crippen LogP contribution in [0.5, 0.6) is 0 Å². The first kappa shape index (κ1) is 23.8. The van der Waals surface area contributed by atoms with Gasteiger partial charge in [0, 0.05) is 25.4 Å². The zero-order chi connectivity index (χ0) is 24.1. The number of carbonyl (C=O) groups excluding carboxylic acids is 2. The monoisotopic (exact) mass is 466 g/mol. The summed E-state index contributed by atoms with van der Waals surface area (Å²) < 4.78 is 5.67. The van der Waals surface area contributed by atoms with Gasteiger partial charge in [-0.05, 0) is 41.0 Å². The van der Waals surface area contributed by atoms with Gasteiger partial charge in [-0.1, -0.05) is 61.4 Å². The van der Waals surface area contributed by atoms with Crippen molar-refractivity contribution in [1.29, 1.82) is 0 Å². The third kappa shape index (κ3) is 5.39. The second-order valence-corrected chi connectivity index (χ2v) is 8.88. The Morgan fingerprint density at radius 3 is 2.26 bits per heavy atom. The summed E-state index contributed by atoms with van der Waals surface area (Å²) in [5.74, 6) is -1.53. The molecule has 0 aromatic heterocycles. The van der Waals surface area contributed by atoms with E-state index in [0.29, 0.717) is 0 Å². The van der Waals surface area contributed by atoms with Crippen molar-refractivity contribution < 1.29 is 29.1 Å². The van der Waals surface area contributed by atoms with Crippen LogP contribution in [0.15, 0.2) is 48.5 Å². The molecule has 2 aliphatic carbocycles. The van der Waals surface area contributed by atoms with Crippen molar-refractivity contribution in [3.05, 3.63) is 59.7 Å². The third-order valence-corrected chi connectivity index (χ3v) is 6.73. The Hall–Kier alpha value is -3.39. The lowest BCUT2D eigenvalue weighted by Gasteiger charge is -2.32. The second kappa shape index (κ2) is 10.7. The van der Waals surface area contributed by atoms with Crippen LogP contribution in [0.1, 0.15) is 49.1 Å². The van der Waals surface area contributed by atoms with Gasteiger partial charge in [0.05, 0.1) is 0 Å². The summed E-state index contributed by atoms with van der Waals surface area (Å²) in [7, 11) is 1.40. The molecule has 0 radical (unpaired) electrons. The average Bonchev–Trinajstić information content (AvgIpc) is 3.16. The number of benzene rings is 2. The van der Waals surface area contributed by atoms with Crippen molar-refractivity contribution in [2.24, 2.45) is 5.92 Å². The quantitative estimate of drug-likeness (QED) is 0.571. The Labute approximate surface area is 198 Å². The van der Waals surface area contributed by atoms with Crippen LogP contribution in [0, 0.1) is 5.92 Å². The first-order chi connectivity index (χ1) is 16.4. The van der Waals surface area contributed by atoms with E-state index in [1.807, 2.05) is 24.3 Å². The van der Waals surface area contributed by atoms with Gasteiger partial charge in [0.25, 0.3) is 0 Å². The molecule has 0 unspecified atom stereocenters. The van der Waals surface area contributed by atoms with Crippen LogP contribution in [0.25, 0.3) is 11.1 Å². The maximum atomic E-state index is 12.7. The Morgan fingerprint density at radius 1 is 1.00 bits per heavy atom. The number of carboxylic acids is 1. The summed E-state index contributed by atoms with van der Waals surface area (Å²) in [4.78, 5) is 40.8. The van der Waals surface area contributed by atoms with Gasteiger partial charge in [0.2, 0.25) is 5.91 Å². The normalized spacial score (nSPS) is 19.1. The van der Waals surface area contributed by atoms with Crippen LogP contribution in [0.2, 0.25) is 0 Å². The minimum atomic E-state index is -1.15. The molecule has 0 bridgehead atoms. The summed E-state index contributed by atoms with van der Waals surface area (Å²) in [6.07, 6.45) is 3.19. The number of carbonyl (C=O) groups is 3. The molecule has 34 heavy (non-hydrogen) atoms. The molecule has 1 fully saturated rings. The van der Waals surface area contributed by atoms with E-state index in [9.17, 15) is 14.4 Å². The lowest BCUT2D eigenvalue weighted by Crippen LogP contribution is -2.44. The maximum Gasteiger partial charge on any atom is 0.407 e. The molecule has 2 aliphatic rings. The van der Waals surface area contributed by atoms with E-state index in [4.69, 9.17) is 14.7 Å². The van der Waals surface area contributed by atoms with E-state index in [-0.39, 0.29) is 36.8 Å². The van der Waals surface area contributed by atoms with Crippen LogP contribution in [-0.4, -0.2) is 54.4 Å². The van der Waals surface area contributed by atoms with Gasteiger partial charge in [-0.25, -0.2) is 14.7 Å². The highest BCUT2D eigenvalue weighted by atomic mass is 16.7. The van der Waals surface area contributed by atoms with Crippen LogP contribution >= 0.6 is 0 Å². The molecule has 8 nitrogen and oxygen atoms in total. The number of nitrogens with zero attached hydrogens (tertiary/aromatic N) is 1. The largest absolute Gasteiger partial charge is 0.479 e. The van der Waals surface area contributed by atoms with Crippen molar-refractivity contribution in [3.63, 3.8) is 0 Å². The van der Waals surface area contributed by atoms with Crippen LogP contribution in [-0.2, 0) is 19.2 Å². The van der Waals surface area contributed by atoms with Gasteiger partial charge in [0.15, 0.2) is 6.61 Å². The predicted octanol–water partition coefficient (Wildman–Crippen LogP) is 3.95. The highest BCUT2D eigenvalue weighted by Gasteiger charge is 2.32. The number of rotatable bonds is 8. The van der Waals surface area contributed by atoms with Gasteiger partial charge in [-0.2, -0.15) is 0 Å². The number of amides is 2. The number of alkyl carbamates (subject to hydrolysis) is 1. The number of fused-ring (bicyclic) bond motifs is 3. The fourth-order valence-electron chi connectivity index (χ4n) is 5.01. The summed E-state index contributed by atoms with van der Waals surface area (Å²) in [5.41, 5.74) is 4.66.